The van der Waals surface area contributed by atoms with Crippen LogP contribution in [-0.2, 0) is 73.3 Å². The molecule has 16 N–H and O–H groups in total. The fourth-order valence-electron chi connectivity index (χ4n) is 16.5. The molecular formula is C87H145N17O16S3. The first-order chi connectivity index (χ1) is 57.2. The van der Waals surface area contributed by atoms with E-state index in [0.29, 0.717) is 87.1 Å². The molecule has 123 heavy (non-hydrogen) atoms. The Labute approximate surface area is 731 Å². The summed E-state index contributed by atoms with van der Waals surface area (Å²) >= 11 is 0. The number of carboxylic acids is 1. The van der Waals surface area contributed by atoms with Crippen LogP contribution < -0.4 is 59.7 Å². The van der Waals surface area contributed by atoms with Crippen LogP contribution in [-0.4, -0.2) is 221 Å². The summed E-state index contributed by atoms with van der Waals surface area (Å²) in [4.78, 5) is 111. The molecule has 0 saturated carbocycles. The monoisotopic (exact) mass is 1780 g/mol. The van der Waals surface area contributed by atoms with Gasteiger partial charge in [0.25, 0.3) is 23.7 Å². The summed E-state index contributed by atoms with van der Waals surface area (Å²) in [5.41, 5.74) is 29.5. The van der Waals surface area contributed by atoms with Gasteiger partial charge >= 0.3 is 18.1 Å². The predicted octanol–water partition coefficient (Wildman–Crippen LogP) is 10.6. The van der Waals surface area contributed by atoms with Crippen molar-refractivity contribution in [2.75, 3.05) is 106 Å². The lowest BCUT2D eigenvalue weighted by molar-refractivity contribution is -0.134. The van der Waals surface area contributed by atoms with Crippen molar-refractivity contribution in [3.05, 3.63) is 86.5 Å². The van der Waals surface area contributed by atoms with Crippen LogP contribution in [0, 0.1) is 41.5 Å². The Morgan fingerprint density at radius 2 is 0.642 bits per heavy atom. The molecule has 6 aliphatic heterocycles. The molecule has 36 heteroatoms. The minimum absolute atomic E-state index is 0. The third kappa shape index (κ3) is 31.9. The molecular weight excluding hydrogens is 1640 g/mol. The van der Waals surface area contributed by atoms with Gasteiger partial charge in [0.05, 0.1) is 17.3 Å². The van der Waals surface area contributed by atoms with Crippen molar-refractivity contribution in [3.63, 3.8) is 0 Å². The first kappa shape index (κ1) is 107. The molecule has 692 valence electrons. The highest BCUT2D eigenvalue weighted by Crippen LogP contribution is 2.37. The highest BCUT2D eigenvalue weighted by atomic mass is 32.2. The number of amidine groups is 3. The van der Waals surface area contributed by atoms with Crippen molar-refractivity contribution in [3.8, 4) is 0 Å². The number of sulfonamides is 3. The van der Waals surface area contributed by atoms with Crippen LogP contribution in [0.15, 0.2) is 51.4 Å². The van der Waals surface area contributed by atoms with Crippen molar-refractivity contribution in [1.29, 1.82) is 0 Å². The zero-order valence-corrected chi connectivity index (χ0v) is 76.5. The number of rotatable bonds is 42. The number of unbranched alkanes of at least 4 members (excludes halogenated alkanes) is 18. The second-order valence-electron chi connectivity index (χ2n) is 33.2. The van der Waals surface area contributed by atoms with Gasteiger partial charge in [0, 0.05) is 117 Å². The Bertz CT molecular complexity index is 4240. The number of amides is 9. The van der Waals surface area contributed by atoms with Crippen LogP contribution in [0.3, 0.4) is 0 Å². The number of aldehydes is 1. The molecule has 3 saturated heterocycles. The molecule has 3 spiro atoms. The van der Waals surface area contributed by atoms with E-state index < -0.39 is 70.7 Å². The molecule has 0 radical (unpaired) electrons. The number of piperidine rings is 3. The van der Waals surface area contributed by atoms with Crippen molar-refractivity contribution in [1.82, 2.24) is 35.0 Å². The van der Waals surface area contributed by atoms with E-state index in [2.05, 4.69) is 16.0 Å². The molecule has 9 rings (SSSR count). The number of aryl methyl sites for hydroxylation is 6. The largest absolute Gasteiger partial charge is 0.481 e. The maximum atomic E-state index is 13.2. The number of carbonyl (C=O) groups is 8. The molecule has 6 aliphatic rings. The maximum absolute atomic E-state index is 13.2. The Kier molecular flexibility index (Phi) is 44.1. The van der Waals surface area contributed by atoms with Gasteiger partial charge in [0.1, 0.15) is 40.4 Å². The van der Waals surface area contributed by atoms with Gasteiger partial charge in [-0.2, -0.15) is 0 Å². The van der Waals surface area contributed by atoms with Crippen LogP contribution >= 0.6 is 0 Å². The van der Waals surface area contributed by atoms with E-state index in [1.807, 2.05) is 77.9 Å². The summed E-state index contributed by atoms with van der Waals surface area (Å²) in [7, 11) is -5.71. The Hall–Kier alpha value is -8.36. The Balaban J connectivity index is 0.000000375. The molecule has 0 aromatic heterocycles. The number of benzene rings is 3. The number of primary amides is 3. The van der Waals surface area contributed by atoms with Crippen LogP contribution in [0.25, 0.3) is 0 Å². The molecule has 3 fully saturated rings. The van der Waals surface area contributed by atoms with Gasteiger partial charge in [-0.25, -0.2) is 52.6 Å². The molecule has 33 nitrogen and oxygen atoms in total. The molecule has 9 amide bonds. The number of hydrogen-bond donors (Lipinski definition) is 10. The van der Waals surface area contributed by atoms with E-state index >= 15 is 0 Å². The van der Waals surface area contributed by atoms with E-state index in [0.717, 1.165) is 203 Å². The van der Waals surface area contributed by atoms with Gasteiger partial charge < -0.3 is 60.0 Å². The van der Waals surface area contributed by atoms with E-state index in [9.17, 15) is 58.8 Å². The predicted molar refractivity (Wildman–Crippen MR) is 490 cm³/mol. The smallest absolute Gasteiger partial charge is 0.318 e. The lowest BCUT2D eigenvalue weighted by Gasteiger charge is -2.34. The number of aliphatic hydroxyl groups is 1. The number of aliphatic hydroxyl groups excluding tert-OH is 1. The Morgan fingerprint density at radius 1 is 0.423 bits per heavy atom. The van der Waals surface area contributed by atoms with Crippen LogP contribution in [0.4, 0.5) is 31.4 Å². The topological polar surface area (TPSA) is 511 Å². The quantitative estimate of drug-likeness (QED) is 0.0186. The van der Waals surface area contributed by atoms with Crippen LogP contribution in [0.2, 0.25) is 0 Å². The summed E-state index contributed by atoms with van der Waals surface area (Å²) in [6.45, 7) is 15.2. The molecule has 0 atom stereocenters. The van der Waals surface area contributed by atoms with Crippen molar-refractivity contribution < 1.29 is 73.8 Å². The lowest BCUT2D eigenvalue weighted by atomic mass is 9.89. The standard InChI is InChI=1S/C28H46N6O4S.C28H45N5O5S.C28H43N5O5S.C2H4O2.CH4.H3N/c1-21-19-23(33(3)27(30)36)20-22(2)24(21)12-18-39(37,38)34-16-13-28(14-17-34)26(35)31-25(32-28)11-9-7-5-4-6-8-10-15-29;2*1-21-19-23(32(3)27(29)36)20-22(2)24(21)12-18-39(37,38)33-15-13-28(14-16-33)26(35)30-25(31-28)11-9-7-5-4-6-8-10-17-34;1-2(3)4;;/h19-20H,4-18,29H2,1-3H3,(H2,30,36)(H,31,32,35);19-20,34H,4-18H2,1-3H3,(H2,29,36)(H,30,31,35);17,19-20H,4-16,18H2,1-3H3,(H2,29,36)(H,30,31,35);1H3,(H,3,4);1H4;1H3. The number of aliphatic carboxylic acids is 1. The molecule has 3 aromatic rings. The zero-order chi connectivity index (χ0) is 89.5. The number of nitrogens with one attached hydrogen (secondary N) is 3. The molecule has 0 bridgehead atoms. The number of nitrogens with two attached hydrogens (primary N) is 4. The second-order valence-corrected chi connectivity index (χ2v) is 39.5. The first-order valence-corrected chi connectivity index (χ1v) is 48.0. The van der Waals surface area contributed by atoms with Gasteiger partial charge in [-0.1, -0.05) is 97.3 Å². The zero-order valence-electron chi connectivity index (χ0n) is 74.0. The average molecular weight is 1780 g/mol. The van der Waals surface area contributed by atoms with Gasteiger partial charge in [-0.3, -0.25) is 48.9 Å². The van der Waals surface area contributed by atoms with E-state index in [4.69, 9.17) is 52.9 Å². The van der Waals surface area contributed by atoms with E-state index in [1.165, 1.54) is 53.3 Å². The summed E-state index contributed by atoms with van der Waals surface area (Å²) in [5.74, 6) is 0.984. The number of urea groups is 3. The third-order valence-electron chi connectivity index (χ3n) is 24.1. The van der Waals surface area contributed by atoms with Gasteiger partial charge in [-0.05, 0) is 231 Å². The summed E-state index contributed by atoms with van der Waals surface area (Å²) in [5, 5.41) is 25.1. The molecule has 6 heterocycles. The maximum Gasteiger partial charge on any atom is 0.318 e. The van der Waals surface area contributed by atoms with Gasteiger partial charge in [-0.15, -0.1) is 0 Å². The van der Waals surface area contributed by atoms with E-state index in [1.54, 1.807) is 21.1 Å². The fourth-order valence-corrected chi connectivity index (χ4v) is 20.9. The number of nitrogens with zero attached hydrogens (tertiary/aromatic N) is 9. The number of carbonyl (C=O) groups excluding carboxylic acids is 7. The minimum Gasteiger partial charge on any atom is -0.481 e. The average Bonchev–Trinajstić information content (AvgIpc) is 1.71. The fraction of sp³-hybridized carbons (Fsp3) is 0.667. The summed E-state index contributed by atoms with van der Waals surface area (Å²) in [6, 6.07) is 9.41. The number of aliphatic imine (C=N–C) groups is 3. The van der Waals surface area contributed by atoms with Crippen LogP contribution in [0.1, 0.15) is 257 Å². The van der Waals surface area contributed by atoms with Crippen molar-refractivity contribution in [2.24, 2.45) is 37.9 Å². The molecule has 0 aliphatic carbocycles. The molecule has 3 aromatic carbocycles. The molecule has 0 unspecified atom stereocenters. The van der Waals surface area contributed by atoms with Crippen LogP contribution in [0.5, 0.6) is 0 Å². The van der Waals surface area contributed by atoms with Crippen molar-refractivity contribution in [2.45, 2.75) is 284 Å². The second kappa shape index (κ2) is 50.7. The van der Waals surface area contributed by atoms with Gasteiger partial charge in [0.2, 0.25) is 30.1 Å². The number of carboxylic acid groups (broad SMARTS) is 1. The Morgan fingerprint density at radius 3 is 0.862 bits per heavy atom. The minimum atomic E-state index is -3.51. The lowest BCUT2D eigenvalue weighted by Crippen LogP contribution is -2.50. The van der Waals surface area contributed by atoms with Crippen molar-refractivity contribution >= 4 is 113 Å². The summed E-state index contributed by atoms with van der Waals surface area (Å²) < 4.78 is 83.6. The third-order valence-corrected chi connectivity index (χ3v) is 29.7. The van der Waals surface area contributed by atoms with E-state index in [-0.39, 0.29) is 94.4 Å². The normalized spacial score (nSPS) is 16.7. The number of anilines is 3. The summed E-state index contributed by atoms with van der Waals surface area (Å²) in [6.07, 6.45) is 28.9. The number of hydrogen-bond acceptors (Lipinski definition) is 20. The van der Waals surface area contributed by atoms with Gasteiger partial charge in [0.15, 0.2) is 0 Å². The SMILES string of the molecule is C.CC(=O)O.Cc1cc(N(C)C(N)=O)cc(C)c1CCS(=O)(=O)N1CCC2(CC1)N=C(CCCCCCCCC=O)NC2=O.Cc1cc(N(C)C(N)=O)cc(C)c1CCS(=O)(=O)N1CCC2(CC1)N=C(CCCCCCCCCN)NC2=O.Cc1cc(N(C)C(N)=O)cc(C)c1CCS(=O)(=O)N1CCC2(CC1)N=C(CCCCCCCCCO)NC2=O.N. The first-order valence-electron chi connectivity index (χ1n) is 43.2. The highest BCUT2D eigenvalue weighted by Gasteiger charge is 2.50. The highest BCUT2D eigenvalue weighted by molar-refractivity contribution is 7.89.